The van der Waals surface area contributed by atoms with Crippen LogP contribution in [-0.4, -0.2) is 27.8 Å². The topological polar surface area (TPSA) is 69.0 Å². The number of rotatable bonds is 6. The van der Waals surface area contributed by atoms with E-state index in [-0.39, 0.29) is 5.91 Å². The molecule has 0 bridgehead atoms. The molecule has 0 aliphatic carbocycles. The van der Waals surface area contributed by atoms with Gasteiger partial charge in [0.05, 0.1) is 19.2 Å². The van der Waals surface area contributed by atoms with E-state index in [1.165, 1.54) is 0 Å². The van der Waals surface area contributed by atoms with Gasteiger partial charge in [0.1, 0.15) is 17.3 Å². The molecular weight excluding hydrogens is 376 g/mol. The SMILES string of the molecule is COc1ccc(-c2nn(Cc3ccccc3)cc2C(=O)Nc2ccc(C)cn2)cc1. The molecule has 1 amide bonds. The van der Waals surface area contributed by atoms with Crippen molar-refractivity contribution in [3.05, 3.63) is 95.8 Å². The maximum absolute atomic E-state index is 13.1. The third kappa shape index (κ3) is 4.38. The molecule has 0 saturated carbocycles. The minimum atomic E-state index is -0.253. The van der Waals surface area contributed by atoms with E-state index >= 15 is 0 Å². The van der Waals surface area contributed by atoms with Crippen molar-refractivity contribution in [2.24, 2.45) is 0 Å². The highest BCUT2D eigenvalue weighted by molar-refractivity contribution is 6.07. The molecule has 2 heterocycles. The van der Waals surface area contributed by atoms with Gasteiger partial charge in [-0.15, -0.1) is 0 Å². The maximum atomic E-state index is 13.1. The Morgan fingerprint density at radius 3 is 2.47 bits per heavy atom. The van der Waals surface area contributed by atoms with Gasteiger partial charge in [-0.25, -0.2) is 4.98 Å². The highest BCUT2D eigenvalue weighted by atomic mass is 16.5. The van der Waals surface area contributed by atoms with Gasteiger partial charge in [-0.1, -0.05) is 36.4 Å². The smallest absolute Gasteiger partial charge is 0.260 e. The zero-order chi connectivity index (χ0) is 20.9. The van der Waals surface area contributed by atoms with Crippen molar-refractivity contribution < 1.29 is 9.53 Å². The highest BCUT2D eigenvalue weighted by Crippen LogP contribution is 2.25. The Bertz CT molecular complexity index is 1130. The fraction of sp³-hybridized carbons (Fsp3) is 0.125. The summed E-state index contributed by atoms with van der Waals surface area (Å²) < 4.78 is 7.03. The zero-order valence-corrected chi connectivity index (χ0v) is 16.9. The van der Waals surface area contributed by atoms with Crippen LogP contribution in [0, 0.1) is 6.92 Å². The van der Waals surface area contributed by atoms with E-state index < -0.39 is 0 Å². The van der Waals surface area contributed by atoms with Crippen LogP contribution in [0.15, 0.2) is 79.1 Å². The monoisotopic (exact) mass is 398 g/mol. The summed E-state index contributed by atoms with van der Waals surface area (Å²) in [6.07, 6.45) is 3.49. The summed E-state index contributed by atoms with van der Waals surface area (Å²) in [5.74, 6) is 0.996. The van der Waals surface area contributed by atoms with Crippen LogP contribution >= 0.6 is 0 Å². The molecule has 0 radical (unpaired) electrons. The number of nitrogens with zero attached hydrogens (tertiary/aromatic N) is 3. The lowest BCUT2D eigenvalue weighted by molar-refractivity contribution is 0.102. The Labute approximate surface area is 175 Å². The second-order valence-corrected chi connectivity index (χ2v) is 6.98. The van der Waals surface area contributed by atoms with E-state index in [4.69, 9.17) is 9.84 Å². The quantitative estimate of drug-likeness (QED) is 0.517. The lowest BCUT2D eigenvalue weighted by Gasteiger charge is -2.06. The third-order valence-electron chi connectivity index (χ3n) is 4.71. The van der Waals surface area contributed by atoms with Gasteiger partial charge in [0, 0.05) is 18.0 Å². The van der Waals surface area contributed by atoms with Crippen LogP contribution < -0.4 is 10.1 Å². The first-order chi connectivity index (χ1) is 14.6. The summed E-state index contributed by atoms with van der Waals surface area (Å²) in [4.78, 5) is 17.3. The maximum Gasteiger partial charge on any atom is 0.260 e. The van der Waals surface area contributed by atoms with Gasteiger partial charge in [0.15, 0.2) is 0 Å². The number of nitrogens with one attached hydrogen (secondary N) is 1. The normalized spacial score (nSPS) is 10.6. The molecule has 0 saturated heterocycles. The van der Waals surface area contributed by atoms with Gasteiger partial charge in [-0.2, -0.15) is 5.10 Å². The van der Waals surface area contributed by atoms with Gasteiger partial charge in [0.25, 0.3) is 5.91 Å². The molecule has 6 nitrogen and oxygen atoms in total. The molecule has 2 aromatic heterocycles. The Morgan fingerprint density at radius 2 is 1.80 bits per heavy atom. The van der Waals surface area contributed by atoms with E-state index in [2.05, 4.69) is 10.3 Å². The number of amides is 1. The van der Waals surface area contributed by atoms with Crippen LogP contribution in [0.1, 0.15) is 21.5 Å². The van der Waals surface area contributed by atoms with Crippen molar-refractivity contribution in [2.45, 2.75) is 13.5 Å². The third-order valence-corrected chi connectivity index (χ3v) is 4.71. The summed E-state index contributed by atoms with van der Waals surface area (Å²) in [6.45, 7) is 2.52. The zero-order valence-electron chi connectivity index (χ0n) is 16.9. The number of carbonyl (C=O) groups excluding carboxylic acids is 1. The molecule has 1 N–H and O–H groups in total. The van der Waals surface area contributed by atoms with Crippen LogP contribution in [0.25, 0.3) is 11.3 Å². The van der Waals surface area contributed by atoms with Crippen molar-refractivity contribution in [1.29, 1.82) is 0 Å². The number of aryl methyl sites for hydroxylation is 1. The number of methoxy groups -OCH3 is 1. The first-order valence-corrected chi connectivity index (χ1v) is 9.62. The van der Waals surface area contributed by atoms with Crippen LogP contribution in [0.2, 0.25) is 0 Å². The van der Waals surface area contributed by atoms with Crippen LogP contribution in [0.3, 0.4) is 0 Å². The second kappa shape index (κ2) is 8.61. The molecule has 0 spiro atoms. The summed E-state index contributed by atoms with van der Waals surface area (Å²) in [5, 5.41) is 7.57. The van der Waals surface area contributed by atoms with Crippen molar-refractivity contribution in [3.63, 3.8) is 0 Å². The van der Waals surface area contributed by atoms with Crippen LogP contribution in [0.4, 0.5) is 5.82 Å². The predicted molar refractivity (Wildman–Crippen MR) is 117 cm³/mol. The molecule has 0 aliphatic heterocycles. The summed E-state index contributed by atoms with van der Waals surface area (Å²) >= 11 is 0. The average molecular weight is 398 g/mol. The molecule has 2 aromatic carbocycles. The van der Waals surface area contributed by atoms with Crippen molar-refractivity contribution in [3.8, 4) is 17.0 Å². The van der Waals surface area contributed by atoms with Crippen molar-refractivity contribution in [2.75, 3.05) is 12.4 Å². The van der Waals surface area contributed by atoms with E-state index in [1.54, 1.807) is 30.3 Å². The second-order valence-electron chi connectivity index (χ2n) is 6.98. The first-order valence-electron chi connectivity index (χ1n) is 9.62. The van der Waals surface area contributed by atoms with Gasteiger partial charge >= 0.3 is 0 Å². The molecule has 0 unspecified atom stereocenters. The van der Waals surface area contributed by atoms with E-state index in [0.29, 0.717) is 23.6 Å². The molecule has 6 heteroatoms. The summed E-state index contributed by atoms with van der Waals surface area (Å²) in [5.41, 5.74) is 4.07. The molecule has 0 atom stereocenters. The Kier molecular flexibility index (Phi) is 5.57. The number of hydrogen-bond donors (Lipinski definition) is 1. The van der Waals surface area contributed by atoms with Gasteiger partial charge in [0.2, 0.25) is 0 Å². The number of aromatic nitrogens is 3. The van der Waals surface area contributed by atoms with Crippen molar-refractivity contribution >= 4 is 11.7 Å². The highest BCUT2D eigenvalue weighted by Gasteiger charge is 2.19. The number of anilines is 1. The molecule has 150 valence electrons. The molecule has 0 aliphatic rings. The Hall–Kier alpha value is -3.93. The number of hydrogen-bond acceptors (Lipinski definition) is 4. The Morgan fingerprint density at radius 1 is 1.03 bits per heavy atom. The van der Waals surface area contributed by atoms with Gasteiger partial charge in [-0.05, 0) is 48.4 Å². The molecular formula is C24H22N4O2. The fourth-order valence-electron chi connectivity index (χ4n) is 3.13. The lowest BCUT2D eigenvalue weighted by Crippen LogP contribution is -2.13. The number of benzene rings is 2. The minimum absolute atomic E-state index is 0.253. The average Bonchev–Trinajstić information content (AvgIpc) is 3.20. The van der Waals surface area contributed by atoms with E-state index in [0.717, 1.165) is 22.4 Å². The van der Waals surface area contributed by atoms with Gasteiger partial charge < -0.3 is 10.1 Å². The molecule has 4 aromatic rings. The van der Waals surface area contributed by atoms with Crippen molar-refractivity contribution in [1.82, 2.24) is 14.8 Å². The van der Waals surface area contributed by atoms with Gasteiger partial charge in [-0.3, -0.25) is 9.48 Å². The number of carbonyl (C=O) groups is 1. The predicted octanol–water partition coefficient (Wildman–Crippen LogP) is 4.56. The standard InChI is InChI=1S/C24H22N4O2/c1-17-8-13-22(25-14-17)26-24(29)21-16-28(15-18-6-4-3-5-7-18)27-23(21)19-9-11-20(30-2)12-10-19/h3-14,16H,15H2,1-2H3,(H,25,26,29). The minimum Gasteiger partial charge on any atom is -0.497 e. The fourth-order valence-corrected chi connectivity index (χ4v) is 3.13. The molecule has 4 rings (SSSR count). The first kappa shape index (κ1) is 19.4. The largest absolute Gasteiger partial charge is 0.497 e. The molecule has 0 fully saturated rings. The van der Waals surface area contributed by atoms with E-state index in [9.17, 15) is 4.79 Å². The number of pyridine rings is 1. The lowest BCUT2D eigenvalue weighted by atomic mass is 10.1. The summed E-state index contributed by atoms with van der Waals surface area (Å²) in [7, 11) is 1.62. The summed E-state index contributed by atoms with van der Waals surface area (Å²) in [6, 6.07) is 21.2. The van der Waals surface area contributed by atoms with Crippen LogP contribution in [0.5, 0.6) is 5.75 Å². The van der Waals surface area contributed by atoms with E-state index in [1.807, 2.05) is 67.6 Å². The van der Waals surface area contributed by atoms with Crippen LogP contribution in [-0.2, 0) is 6.54 Å². The number of ether oxygens (including phenoxy) is 1. The Balaban J connectivity index is 1.68. The molecule has 30 heavy (non-hydrogen) atoms.